The summed E-state index contributed by atoms with van der Waals surface area (Å²) in [6.45, 7) is 10.4. The van der Waals surface area contributed by atoms with Crippen molar-refractivity contribution in [1.29, 1.82) is 0 Å². The average molecular weight is 242 g/mol. The van der Waals surface area contributed by atoms with E-state index in [0.717, 1.165) is 25.5 Å². The summed E-state index contributed by atoms with van der Waals surface area (Å²) in [4.78, 5) is 2.61. The summed E-state index contributed by atoms with van der Waals surface area (Å²) < 4.78 is 5.06. The van der Waals surface area contributed by atoms with E-state index in [1.54, 1.807) is 7.11 Å². The van der Waals surface area contributed by atoms with E-state index in [1.807, 2.05) is 0 Å². The molecule has 1 atom stereocenters. The molecule has 17 heavy (non-hydrogen) atoms. The van der Waals surface area contributed by atoms with Crippen LogP contribution in [-0.4, -0.2) is 50.8 Å². The van der Waals surface area contributed by atoms with Crippen molar-refractivity contribution in [2.24, 2.45) is 5.92 Å². The summed E-state index contributed by atoms with van der Waals surface area (Å²) in [6.07, 6.45) is 5.13. The van der Waals surface area contributed by atoms with Crippen LogP contribution in [0, 0.1) is 5.92 Å². The van der Waals surface area contributed by atoms with Gasteiger partial charge >= 0.3 is 0 Å². The highest BCUT2D eigenvalue weighted by atomic mass is 16.5. The van der Waals surface area contributed by atoms with Crippen LogP contribution in [0.25, 0.3) is 0 Å². The zero-order valence-electron chi connectivity index (χ0n) is 11.9. The molecular formula is C14H30N2O. The fraction of sp³-hybridized carbons (Fsp3) is 1.00. The van der Waals surface area contributed by atoms with Crippen LogP contribution >= 0.6 is 0 Å². The Morgan fingerprint density at radius 2 is 2.06 bits per heavy atom. The first kappa shape index (κ1) is 14.9. The number of nitrogens with one attached hydrogen (secondary N) is 1. The van der Waals surface area contributed by atoms with Gasteiger partial charge in [-0.3, -0.25) is 0 Å². The number of ether oxygens (including phenoxy) is 1. The van der Waals surface area contributed by atoms with Crippen molar-refractivity contribution in [3.05, 3.63) is 0 Å². The Morgan fingerprint density at radius 1 is 1.35 bits per heavy atom. The van der Waals surface area contributed by atoms with Gasteiger partial charge in [0.2, 0.25) is 0 Å². The lowest BCUT2D eigenvalue weighted by Crippen LogP contribution is -2.42. The Balaban J connectivity index is 2.10. The van der Waals surface area contributed by atoms with E-state index >= 15 is 0 Å². The first-order valence-electron chi connectivity index (χ1n) is 7.22. The Morgan fingerprint density at radius 3 is 2.65 bits per heavy atom. The zero-order valence-corrected chi connectivity index (χ0v) is 11.9. The second-order valence-electron chi connectivity index (χ2n) is 5.27. The summed E-state index contributed by atoms with van der Waals surface area (Å²) in [5.41, 5.74) is 0. The number of hydrogen-bond acceptors (Lipinski definition) is 3. The predicted octanol–water partition coefficient (Wildman–Crippen LogP) is 2.12. The minimum atomic E-state index is 0.663. The fourth-order valence-electron chi connectivity index (χ4n) is 2.71. The monoisotopic (exact) mass is 242 g/mol. The highest BCUT2D eigenvalue weighted by Crippen LogP contribution is 2.20. The molecule has 0 aliphatic carbocycles. The average Bonchev–Trinajstić information content (AvgIpc) is 2.36. The van der Waals surface area contributed by atoms with Gasteiger partial charge in [0, 0.05) is 19.8 Å². The maximum Gasteiger partial charge on any atom is 0.0474 e. The third-order valence-electron chi connectivity index (χ3n) is 3.87. The lowest BCUT2D eigenvalue weighted by atomic mass is 9.90. The van der Waals surface area contributed by atoms with Gasteiger partial charge in [-0.05, 0) is 64.7 Å². The molecule has 3 nitrogen and oxygen atoms in total. The van der Waals surface area contributed by atoms with Crippen molar-refractivity contribution < 1.29 is 4.74 Å². The molecule has 3 heteroatoms. The van der Waals surface area contributed by atoms with Crippen LogP contribution in [0.2, 0.25) is 0 Å². The topological polar surface area (TPSA) is 24.5 Å². The molecule has 1 unspecified atom stereocenters. The van der Waals surface area contributed by atoms with E-state index in [2.05, 4.69) is 24.1 Å². The molecule has 0 bridgehead atoms. The maximum atomic E-state index is 5.06. The second-order valence-corrected chi connectivity index (χ2v) is 5.27. The molecule has 0 aromatic rings. The Kier molecular flexibility index (Phi) is 7.82. The quantitative estimate of drug-likeness (QED) is 0.660. The van der Waals surface area contributed by atoms with Crippen LogP contribution in [0.5, 0.6) is 0 Å². The lowest BCUT2D eigenvalue weighted by molar-refractivity contribution is 0.159. The molecule has 0 spiro atoms. The number of likely N-dealkylation sites (tertiary alicyclic amines) is 1. The number of hydrogen-bond donors (Lipinski definition) is 1. The van der Waals surface area contributed by atoms with Gasteiger partial charge in [-0.2, -0.15) is 0 Å². The second kappa shape index (κ2) is 8.90. The molecule has 102 valence electrons. The minimum absolute atomic E-state index is 0.663. The van der Waals surface area contributed by atoms with Gasteiger partial charge in [0.25, 0.3) is 0 Å². The molecule has 1 N–H and O–H groups in total. The molecule has 1 aliphatic heterocycles. The molecule has 0 aromatic heterocycles. The van der Waals surface area contributed by atoms with Gasteiger partial charge in [0.1, 0.15) is 0 Å². The van der Waals surface area contributed by atoms with Crippen molar-refractivity contribution in [3.63, 3.8) is 0 Å². The number of piperidine rings is 1. The number of methoxy groups -OCH3 is 1. The Hall–Kier alpha value is -0.120. The van der Waals surface area contributed by atoms with E-state index < -0.39 is 0 Å². The number of rotatable bonds is 8. The van der Waals surface area contributed by atoms with Crippen molar-refractivity contribution in [2.45, 2.75) is 45.6 Å². The van der Waals surface area contributed by atoms with Crippen LogP contribution in [0.3, 0.4) is 0 Å². The molecule has 1 aliphatic rings. The van der Waals surface area contributed by atoms with Crippen LogP contribution in [0.1, 0.15) is 39.5 Å². The minimum Gasteiger partial charge on any atom is -0.385 e. The van der Waals surface area contributed by atoms with Gasteiger partial charge in [-0.1, -0.05) is 6.92 Å². The molecular weight excluding hydrogens is 212 g/mol. The summed E-state index contributed by atoms with van der Waals surface area (Å²) in [7, 11) is 1.77. The van der Waals surface area contributed by atoms with Crippen LogP contribution in [0.15, 0.2) is 0 Å². The lowest BCUT2D eigenvalue weighted by Gasteiger charge is -2.35. The fourth-order valence-corrected chi connectivity index (χ4v) is 2.71. The zero-order chi connectivity index (χ0) is 12.5. The summed E-state index contributed by atoms with van der Waals surface area (Å²) in [5.74, 6) is 0.866. The van der Waals surface area contributed by atoms with E-state index in [-0.39, 0.29) is 0 Å². The van der Waals surface area contributed by atoms with Gasteiger partial charge in [-0.15, -0.1) is 0 Å². The van der Waals surface area contributed by atoms with E-state index in [1.165, 1.54) is 38.9 Å². The summed E-state index contributed by atoms with van der Waals surface area (Å²) >= 11 is 0. The van der Waals surface area contributed by atoms with Crippen molar-refractivity contribution in [1.82, 2.24) is 10.2 Å². The van der Waals surface area contributed by atoms with Crippen LogP contribution < -0.4 is 5.32 Å². The molecule has 1 fully saturated rings. The summed E-state index contributed by atoms with van der Waals surface area (Å²) in [5, 5.41) is 3.64. The molecule has 1 saturated heterocycles. The number of nitrogens with zero attached hydrogens (tertiary/aromatic N) is 1. The van der Waals surface area contributed by atoms with Crippen molar-refractivity contribution in [2.75, 3.05) is 39.9 Å². The smallest absolute Gasteiger partial charge is 0.0474 e. The van der Waals surface area contributed by atoms with E-state index in [4.69, 9.17) is 4.74 Å². The van der Waals surface area contributed by atoms with Crippen molar-refractivity contribution >= 4 is 0 Å². The van der Waals surface area contributed by atoms with E-state index in [9.17, 15) is 0 Å². The third kappa shape index (κ3) is 5.84. The first-order chi connectivity index (χ1) is 8.27. The van der Waals surface area contributed by atoms with Gasteiger partial charge in [0.15, 0.2) is 0 Å². The molecule has 0 aromatic carbocycles. The Labute approximate surface area is 107 Å². The standard InChI is InChI=1S/C14H30N2O/c1-4-9-16-10-6-14(7-11-16)13(2)15-8-5-12-17-3/h13-15H,4-12H2,1-3H3. The first-order valence-corrected chi connectivity index (χ1v) is 7.22. The highest BCUT2D eigenvalue weighted by Gasteiger charge is 2.22. The van der Waals surface area contributed by atoms with Gasteiger partial charge < -0.3 is 15.0 Å². The molecule has 1 rings (SSSR count). The van der Waals surface area contributed by atoms with Gasteiger partial charge in [-0.25, -0.2) is 0 Å². The molecule has 0 radical (unpaired) electrons. The SMILES string of the molecule is CCCN1CCC(C(C)NCCCOC)CC1. The van der Waals surface area contributed by atoms with E-state index in [0.29, 0.717) is 6.04 Å². The predicted molar refractivity (Wildman–Crippen MR) is 73.4 cm³/mol. The van der Waals surface area contributed by atoms with Crippen LogP contribution in [-0.2, 0) is 4.74 Å². The molecule has 0 amide bonds. The van der Waals surface area contributed by atoms with Crippen LogP contribution in [0.4, 0.5) is 0 Å². The Bertz CT molecular complexity index is 179. The normalized spacial score (nSPS) is 20.6. The summed E-state index contributed by atoms with van der Waals surface area (Å²) in [6, 6.07) is 0.663. The largest absolute Gasteiger partial charge is 0.385 e. The highest BCUT2D eigenvalue weighted by molar-refractivity contribution is 4.79. The van der Waals surface area contributed by atoms with Gasteiger partial charge in [0.05, 0.1) is 0 Å². The van der Waals surface area contributed by atoms with Crippen molar-refractivity contribution in [3.8, 4) is 0 Å². The third-order valence-corrected chi connectivity index (χ3v) is 3.87. The molecule has 1 heterocycles. The molecule has 0 saturated carbocycles. The maximum absolute atomic E-state index is 5.06.